The van der Waals surface area contributed by atoms with E-state index in [9.17, 15) is 9.59 Å². The van der Waals surface area contributed by atoms with Crippen LogP contribution < -0.4 is 11.1 Å². The molecule has 0 bridgehead atoms. The number of halogens is 1. The summed E-state index contributed by atoms with van der Waals surface area (Å²) in [6, 6.07) is 4.32. The van der Waals surface area contributed by atoms with E-state index in [1.54, 1.807) is 13.0 Å². The van der Waals surface area contributed by atoms with Gasteiger partial charge < -0.3 is 16.2 Å². The van der Waals surface area contributed by atoms with Gasteiger partial charge in [-0.1, -0.05) is 18.5 Å². The third kappa shape index (κ3) is 3.45. The van der Waals surface area contributed by atoms with E-state index in [4.69, 9.17) is 22.4 Å². The monoisotopic (exact) mass is 284 g/mol. The first-order chi connectivity index (χ1) is 8.84. The Morgan fingerprint density at radius 1 is 1.47 bits per heavy atom. The van der Waals surface area contributed by atoms with Gasteiger partial charge in [0.2, 0.25) is 5.91 Å². The van der Waals surface area contributed by atoms with Gasteiger partial charge in [0.25, 0.3) is 0 Å². The predicted octanol–water partition coefficient (Wildman–Crippen LogP) is 2.35. The number of amides is 1. The molecule has 104 valence electrons. The lowest BCUT2D eigenvalue weighted by Gasteiger charge is -2.25. The average Bonchev–Trinajstić information content (AvgIpc) is 2.39. The third-order valence-corrected chi connectivity index (χ3v) is 3.56. The van der Waals surface area contributed by atoms with E-state index in [-0.39, 0.29) is 23.0 Å². The van der Waals surface area contributed by atoms with E-state index in [1.165, 1.54) is 12.1 Å². The van der Waals surface area contributed by atoms with Gasteiger partial charge in [-0.2, -0.15) is 0 Å². The molecule has 5 nitrogen and oxygen atoms in total. The highest BCUT2D eigenvalue weighted by Crippen LogP contribution is 2.24. The molecule has 0 aliphatic heterocycles. The zero-order chi connectivity index (χ0) is 14.6. The molecule has 0 aliphatic carbocycles. The molecule has 1 atom stereocenters. The highest BCUT2D eigenvalue weighted by molar-refractivity contribution is 6.33. The molecule has 0 fully saturated rings. The summed E-state index contributed by atoms with van der Waals surface area (Å²) >= 11 is 5.76. The quantitative estimate of drug-likeness (QED) is 0.774. The van der Waals surface area contributed by atoms with Crippen molar-refractivity contribution >= 4 is 29.2 Å². The minimum absolute atomic E-state index is 0.0505. The lowest BCUT2D eigenvalue weighted by Crippen LogP contribution is -2.39. The first-order valence-corrected chi connectivity index (χ1v) is 6.26. The fraction of sp³-hybridized carbons (Fsp3) is 0.385. The summed E-state index contributed by atoms with van der Waals surface area (Å²) in [7, 11) is 0. The molecule has 4 N–H and O–H groups in total. The van der Waals surface area contributed by atoms with Crippen molar-refractivity contribution in [2.75, 3.05) is 11.9 Å². The molecular formula is C13H17ClN2O3. The maximum atomic E-state index is 12.1. The second kappa shape index (κ2) is 6.04. The lowest BCUT2D eigenvalue weighted by atomic mass is 9.86. The second-order valence-corrected chi connectivity index (χ2v) is 4.98. The topological polar surface area (TPSA) is 92.4 Å². The van der Waals surface area contributed by atoms with Crippen LogP contribution in [0.1, 0.15) is 30.6 Å². The lowest BCUT2D eigenvalue weighted by molar-refractivity contribution is -0.124. The van der Waals surface area contributed by atoms with E-state index in [2.05, 4.69) is 5.32 Å². The standard InChI is InChI=1S/C13H17ClN2O3/c1-3-13(2,7-15)12(19)16-8-4-5-10(14)9(6-8)11(17)18/h4-6H,3,7,15H2,1-2H3,(H,16,19)(H,17,18). The van der Waals surface area contributed by atoms with Gasteiger partial charge in [-0.3, -0.25) is 4.79 Å². The van der Waals surface area contributed by atoms with Crippen LogP contribution in [0.3, 0.4) is 0 Å². The zero-order valence-electron chi connectivity index (χ0n) is 10.9. The van der Waals surface area contributed by atoms with Crippen molar-refractivity contribution in [1.29, 1.82) is 0 Å². The van der Waals surface area contributed by atoms with Crippen LogP contribution in [0.5, 0.6) is 0 Å². The molecular weight excluding hydrogens is 268 g/mol. The van der Waals surface area contributed by atoms with Crippen LogP contribution in [0.2, 0.25) is 5.02 Å². The smallest absolute Gasteiger partial charge is 0.337 e. The van der Waals surface area contributed by atoms with E-state index < -0.39 is 11.4 Å². The summed E-state index contributed by atoms with van der Waals surface area (Å²) in [5.74, 6) is -1.38. The molecule has 0 spiro atoms. The number of hydrogen-bond acceptors (Lipinski definition) is 3. The summed E-state index contributed by atoms with van der Waals surface area (Å²) in [5, 5.41) is 11.8. The fourth-order valence-corrected chi connectivity index (χ4v) is 1.64. The van der Waals surface area contributed by atoms with Crippen LogP contribution in [0.25, 0.3) is 0 Å². The summed E-state index contributed by atoms with van der Waals surface area (Å²) in [6.45, 7) is 3.85. The first-order valence-electron chi connectivity index (χ1n) is 5.88. The number of benzene rings is 1. The molecule has 19 heavy (non-hydrogen) atoms. The maximum absolute atomic E-state index is 12.1. The van der Waals surface area contributed by atoms with E-state index >= 15 is 0 Å². The molecule has 1 rings (SSSR count). The van der Waals surface area contributed by atoms with Crippen molar-refractivity contribution in [3.05, 3.63) is 28.8 Å². The van der Waals surface area contributed by atoms with Crippen LogP contribution in [0.15, 0.2) is 18.2 Å². The first kappa shape index (κ1) is 15.5. The predicted molar refractivity (Wildman–Crippen MR) is 74.5 cm³/mol. The number of carbonyl (C=O) groups is 2. The van der Waals surface area contributed by atoms with Crippen molar-refractivity contribution in [2.24, 2.45) is 11.1 Å². The largest absolute Gasteiger partial charge is 0.478 e. The molecule has 0 aliphatic rings. The van der Waals surface area contributed by atoms with Gasteiger partial charge in [0.05, 0.1) is 16.0 Å². The molecule has 0 radical (unpaired) electrons. The van der Waals surface area contributed by atoms with Crippen LogP contribution in [-0.4, -0.2) is 23.5 Å². The van der Waals surface area contributed by atoms with Crippen molar-refractivity contribution in [2.45, 2.75) is 20.3 Å². The molecule has 0 saturated heterocycles. The van der Waals surface area contributed by atoms with Crippen LogP contribution >= 0.6 is 11.6 Å². The Labute approximate surface area is 116 Å². The number of carboxylic acids is 1. The second-order valence-electron chi connectivity index (χ2n) is 4.57. The van der Waals surface area contributed by atoms with Gasteiger partial charge in [0.1, 0.15) is 0 Å². The number of aromatic carboxylic acids is 1. The van der Waals surface area contributed by atoms with E-state index in [0.29, 0.717) is 12.1 Å². The highest BCUT2D eigenvalue weighted by atomic mass is 35.5. The molecule has 0 aromatic heterocycles. The highest BCUT2D eigenvalue weighted by Gasteiger charge is 2.29. The Bertz CT molecular complexity index is 499. The molecule has 1 aromatic carbocycles. The molecule has 0 heterocycles. The van der Waals surface area contributed by atoms with Crippen molar-refractivity contribution in [1.82, 2.24) is 0 Å². The number of anilines is 1. The average molecular weight is 285 g/mol. The Morgan fingerprint density at radius 3 is 2.58 bits per heavy atom. The summed E-state index contributed by atoms with van der Waals surface area (Å²) in [5.41, 5.74) is 5.26. The third-order valence-electron chi connectivity index (χ3n) is 3.23. The number of hydrogen-bond donors (Lipinski definition) is 3. The number of carboxylic acid groups (broad SMARTS) is 1. The van der Waals surface area contributed by atoms with Gasteiger partial charge in [-0.25, -0.2) is 4.79 Å². The van der Waals surface area contributed by atoms with Crippen LogP contribution in [0.4, 0.5) is 5.69 Å². The maximum Gasteiger partial charge on any atom is 0.337 e. The molecule has 6 heteroatoms. The summed E-state index contributed by atoms with van der Waals surface area (Å²) < 4.78 is 0. The molecule has 1 unspecified atom stereocenters. The zero-order valence-corrected chi connectivity index (χ0v) is 11.6. The number of rotatable bonds is 5. The molecule has 1 aromatic rings. The summed E-state index contributed by atoms with van der Waals surface area (Å²) in [6.07, 6.45) is 0.592. The fourth-order valence-electron chi connectivity index (χ4n) is 1.45. The van der Waals surface area contributed by atoms with E-state index in [1.807, 2.05) is 6.92 Å². The normalized spacial score (nSPS) is 13.7. The van der Waals surface area contributed by atoms with Crippen molar-refractivity contribution < 1.29 is 14.7 Å². The Hall–Kier alpha value is -1.59. The Morgan fingerprint density at radius 2 is 2.11 bits per heavy atom. The molecule has 0 saturated carbocycles. The number of nitrogens with one attached hydrogen (secondary N) is 1. The van der Waals surface area contributed by atoms with Crippen molar-refractivity contribution in [3.63, 3.8) is 0 Å². The minimum atomic E-state index is -1.14. The van der Waals surface area contributed by atoms with Gasteiger partial charge in [-0.15, -0.1) is 0 Å². The summed E-state index contributed by atoms with van der Waals surface area (Å²) in [4.78, 5) is 23.0. The number of carbonyl (C=O) groups excluding carboxylic acids is 1. The van der Waals surface area contributed by atoms with Gasteiger partial charge in [-0.05, 0) is 31.5 Å². The van der Waals surface area contributed by atoms with E-state index in [0.717, 1.165) is 0 Å². The Balaban J connectivity index is 2.98. The van der Waals surface area contributed by atoms with Gasteiger partial charge in [0, 0.05) is 12.2 Å². The minimum Gasteiger partial charge on any atom is -0.478 e. The van der Waals surface area contributed by atoms with Crippen molar-refractivity contribution in [3.8, 4) is 0 Å². The van der Waals surface area contributed by atoms with Gasteiger partial charge in [0.15, 0.2) is 0 Å². The van der Waals surface area contributed by atoms with Crippen LogP contribution in [0, 0.1) is 5.41 Å². The van der Waals surface area contributed by atoms with Crippen LogP contribution in [-0.2, 0) is 4.79 Å². The number of nitrogens with two attached hydrogens (primary N) is 1. The van der Waals surface area contributed by atoms with Gasteiger partial charge >= 0.3 is 5.97 Å². The molecule has 1 amide bonds. The SMILES string of the molecule is CCC(C)(CN)C(=O)Nc1ccc(Cl)c(C(=O)O)c1. The Kier molecular flexibility index (Phi) is 4.91.